The van der Waals surface area contributed by atoms with Gasteiger partial charge >= 0.3 is 18.2 Å². The number of carbonyl (C=O) groups excluding carboxylic acids is 1. The third kappa shape index (κ3) is 6.66. The van der Waals surface area contributed by atoms with Crippen molar-refractivity contribution in [2.45, 2.75) is 37.9 Å². The first-order chi connectivity index (χ1) is 17.1. The number of aryl methyl sites for hydroxylation is 1. The van der Waals surface area contributed by atoms with Gasteiger partial charge in [-0.1, -0.05) is 29.8 Å². The van der Waals surface area contributed by atoms with Gasteiger partial charge in [-0.15, -0.1) is 13.2 Å². The highest BCUT2D eigenvalue weighted by molar-refractivity contribution is 6.33. The summed E-state index contributed by atoms with van der Waals surface area (Å²) in [6.45, 7) is 0.643. The third-order valence-corrected chi connectivity index (χ3v) is 5.71. The van der Waals surface area contributed by atoms with Gasteiger partial charge in [0.1, 0.15) is 11.6 Å². The van der Waals surface area contributed by atoms with E-state index >= 15 is 0 Å². The van der Waals surface area contributed by atoms with E-state index in [0.717, 1.165) is 19.2 Å². The molecule has 14 heteroatoms. The average molecular weight is 550 g/mol. The van der Waals surface area contributed by atoms with Crippen LogP contribution < -0.4 is 10.4 Å². The molecule has 0 saturated carbocycles. The van der Waals surface area contributed by atoms with Crippen LogP contribution in [0.5, 0.6) is 5.75 Å². The van der Waals surface area contributed by atoms with E-state index in [9.17, 15) is 35.9 Å². The first-order valence-corrected chi connectivity index (χ1v) is 10.8. The van der Waals surface area contributed by atoms with E-state index in [1.807, 2.05) is 0 Å². The Labute approximate surface area is 210 Å². The normalized spacial score (nSPS) is 13.8. The van der Waals surface area contributed by atoms with Gasteiger partial charge in [-0.3, -0.25) is 9.78 Å². The van der Waals surface area contributed by atoms with Gasteiger partial charge in [-0.25, -0.2) is 9.78 Å². The highest BCUT2D eigenvalue weighted by Gasteiger charge is 2.56. The van der Waals surface area contributed by atoms with Crippen LogP contribution in [-0.4, -0.2) is 46.0 Å². The molecule has 1 N–H and O–H groups in total. The van der Waals surface area contributed by atoms with E-state index in [0.29, 0.717) is 12.5 Å². The molecule has 0 aliphatic heterocycles. The molecule has 1 heterocycles. The van der Waals surface area contributed by atoms with E-state index in [4.69, 9.17) is 11.6 Å². The Hall–Kier alpha value is -3.45. The number of Topliss-reactive ketones (excluding diaryl/α,β-unsaturated/α-hetero) is 1. The quantitative estimate of drug-likeness (QED) is 0.372. The van der Waals surface area contributed by atoms with Crippen molar-refractivity contribution >= 4 is 17.4 Å². The van der Waals surface area contributed by atoms with Crippen molar-refractivity contribution in [1.29, 1.82) is 0 Å². The predicted molar refractivity (Wildman–Crippen MR) is 120 cm³/mol. The van der Waals surface area contributed by atoms with E-state index < -0.39 is 41.8 Å². The van der Waals surface area contributed by atoms with Crippen LogP contribution in [0.2, 0.25) is 5.02 Å². The Kier molecular flexibility index (Phi) is 7.98. The summed E-state index contributed by atoms with van der Waals surface area (Å²) in [5.41, 5.74) is -3.27. The van der Waals surface area contributed by atoms with Crippen molar-refractivity contribution in [1.82, 2.24) is 15.0 Å². The number of ketones is 1. The smallest absolute Gasteiger partial charge is 0.406 e. The molecule has 0 amide bonds. The zero-order chi connectivity index (χ0) is 27.6. The maximum absolute atomic E-state index is 13.3. The maximum atomic E-state index is 13.3. The minimum absolute atomic E-state index is 0.0398. The van der Waals surface area contributed by atoms with Gasteiger partial charge in [-0.05, 0) is 43.2 Å². The fraction of sp³-hybridized carbons (Fsp3) is 0.304. The van der Waals surface area contributed by atoms with Crippen molar-refractivity contribution in [2.75, 3.05) is 7.11 Å². The summed E-state index contributed by atoms with van der Waals surface area (Å²) in [5, 5.41) is 0.0987. The molecule has 3 rings (SSSR count). The van der Waals surface area contributed by atoms with Crippen molar-refractivity contribution < 1.29 is 40.6 Å². The molecule has 1 aromatic heterocycles. The van der Waals surface area contributed by atoms with Crippen LogP contribution in [-0.2, 0) is 16.0 Å². The Morgan fingerprint density at radius 2 is 1.76 bits per heavy atom. The fourth-order valence-electron chi connectivity index (χ4n) is 3.27. The number of rotatable bonds is 8. The maximum Gasteiger partial charge on any atom is 0.573 e. The predicted octanol–water partition coefficient (Wildman–Crippen LogP) is 5.52. The Morgan fingerprint density at radius 1 is 1.05 bits per heavy atom. The van der Waals surface area contributed by atoms with E-state index in [-0.39, 0.29) is 34.2 Å². The number of hydrogen-bond acceptors (Lipinski definition) is 6. The molecule has 2 aromatic carbocycles. The van der Waals surface area contributed by atoms with E-state index in [1.165, 1.54) is 30.3 Å². The Bertz CT molecular complexity index is 1360. The molecule has 0 unspecified atom stereocenters. The van der Waals surface area contributed by atoms with Gasteiger partial charge in [-0.2, -0.15) is 18.2 Å². The molecule has 0 saturated heterocycles. The number of nitrogens with one attached hydrogen (secondary N) is 1. The molecule has 0 spiro atoms. The molecule has 198 valence electrons. The lowest BCUT2D eigenvalue weighted by Crippen LogP contribution is -2.51. The lowest BCUT2D eigenvalue weighted by atomic mass is 9.94. The van der Waals surface area contributed by atoms with Crippen LogP contribution in [0.1, 0.15) is 18.9 Å². The standard InChI is InChI=1S/C23H18ClF6N3O4/c1-21(36-2,22(25,26)27)17(34)9-7-12-6-8-16(24)15(10-12)19-31-18(32-20(35)33-19)13-4-3-5-14(11-13)37-23(28,29)30/h3-6,8,10-11H,7,9H2,1-2H3,(H,31,32,33,35)/t21-/m1/s1. The molecule has 3 aromatic rings. The Morgan fingerprint density at radius 3 is 2.38 bits per heavy atom. The second-order valence-electron chi connectivity index (χ2n) is 7.87. The molecular weight excluding hydrogens is 532 g/mol. The summed E-state index contributed by atoms with van der Waals surface area (Å²) in [6.07, 6.45) is -10.5. The van der Waals surface area contributed by atoms with Crippen LogP contribution in [0.25, 0.3) is 22.8 Å². The summed E-state index contributed by atoms with van der Waals surface area (Å²) in [7, 11) is 0.791. The molecular formula is C23H18ClF6N3O4. The van der Waals surface area contributed by atoms with Crippen LogP contribution in [0.3, 0.4) is 0 Å². The van der Waals surface area contributed by atoms with E-state index in [2.05, 4.69) is 24.4 Å². The summed E-state index contributed by atoms with van der Waals surface area (Å²) in [4.78, 5) is 34.7. The van der Waals surface area contributed by atoms with Gasteiger partial charge < -0.3 is 9.47 Å². The lowest BCUT2D eigenvalue weighted by Gasteiger charge is -2.29. The number of aromatic amines is 1. The monoisotopic (exact) mass is 549 g/mol. The molecule has 37 heavy (non-hydrogen) atoms. The average Bonchev–Trinajstić information content (AvgIpc) is 2.80. The number of ether oxygens (including phenoxy) is 2. The number of aromatic nitrogens is 3. The van der Waals surface area contributed by atoms with Crippen LogP contribution in [0.4, 0.5) is 26.3 Å². The summed E-state index contributed by atoms with van der Waals surface area (Å²) in [6, 6.07) is 8.95. The fourth-order valence-corrected chi connectivity index (χ4v) is 3.47. The molecule has 0 bridgehead atoms. The van der Waals surface area contributed by atoms with Gasteiger partial charge in [0.05, 0.1) is 5.02 Å². The largest absolute Gasteiger partial charge is 0.573 e. The van der Waals surface area contributed by atoms with Crippen molar-refractivity contribution in [3.63, 3.8) is 0 Å². The highest BCUT2D eigenvalue weighted by Crippen LogP contribution is 2.35. The van der Waals surface area contributed by atoms with Crippen molar-refractivity contribution in [3.05, 3.63) is 63.5 Å². The molecule has 0 radical (unpaired) electrons. The summed E-state index contributed by atoms with van der Waals surface area (Å²) >= 11 is 6.23. The highest BCUT2D eigenvalue weighted by atomic mass is 35.5. The minimum atomic E-state index is -4.94. The second kappa shape index (κ2) is 10.5. The third-order valence-electron chi connectivity index (χ3n) is 5.38. The number of alkyl halides is 6. The molecule has 0 fully saturated rings. The van der Waals surface area contributed by atoms with Crippen molar-refractivity contribution in [2.24, 2.45) is 0 Å². The first kappa shape index (κ1) is 28.1. The SMILES string of the molecule is CO[C@](C)(C(=O)CCc1ccc(Cl)c(-c2nc(-c3cccc(OC(F)(F)F)c3)nc(=O)[nH]2)c1)C(F)(F)F. The zero-order valence-corrected chi connectivity index (χ0v) is 19.9. The second-order valence-corrected chi connectivity index (χ2v) is 8.28. The number of nitrogens with zero attached hydrogens (tertiary/aromatic N) is 2. The molecule has 0 aliphatic carbocycles. The van der Waals surface area contributed by atoms with Gasteiger partial charge in [0, 0.05) is 24.7 Å². The topological polar surface area (TPSA) is 94.2 Å². The molecule has 0 aliphatic rings. The van der Waals surface area contributed by atoms with Crippen LogP contribution >= 0.6 is 11.6 Å². The summed E-state index contributed by atoms with van der Waals surface area (Å²) in [5.74, 6) is -2.07. The molecule has 1 atom stereocenters. The summed E-state index contributed by atoms with van der Waals surface area (Å²) < 4.78 is 85.8. The van der Waals surface area contributed by atoms with Gasteiger partial charge in [0.2, 0.25) is 5.60 Å². The number of carbonyl (C=O) groups is 1. The number of H-pyrrole nitrogens is 1. The lowest BCUT2D eigenvalue weighted by molar-refractivity contribution is -0.274. The van der Waals surface area contributed by atoms with E-state index in [1.54, 1.807) is 0 Å². The number of hydrogen-bond donors (Lipinski definition) is 1. The minimum Gasteiger partial charge on any atom is -0.406 e. The van der Waals surface area contributed by atoms with Gasteiger partial charge in [0.25, 0.3) is 0 Å². The van der Waals surface area contributed by atoms with Crippen LogP contribution in [0, 0.1) is 0 Å². The molecule has 7 nitrogen and oxygen atoms in total. The number of benzene rings is 2. The van der Waals surface area contributed by atoms with Crippen LogP contribution in [0.15, 0.2) is 47.3 Å². The number of halogens is 7. The number of methoxy groups -OCH3 is 1. The first-order valence-electron chi connectivity index (χ1n) is 10.4. The Balaban J connectivity index is 1.92. The zero-order valence-electron chi connectivity index (χ0n) is 19.1. The van der Waals surface area contributed by atoms with Gasteiger partial charge in [0.15, 0.2) is 11.6 Å². The van der Waals surface area contributed by atoms with Crippen molar-refractivity contribution in [3.8, 4) is 28.5 Å².